The topological polar surface area (TPSA) is 73.9 Å². The van der Waals surface area contributed by atoms with Crippen LogP contribution in [0.4, 0.5) is 4.79 Å². The first-order chi connectivity index (χ1) is 15.4. The molecule has 1 aliphatic rings. The molecule has 2 aromatic carbocycles. The minimum absolute atomic E-state index is 0.0635. The third kappa shape index (κ3) is 6.35. The Morgan fingerprint density at radius 2 is 1.39 bits per heavy atom. The lowest BCUT2D eigenvalue weighted by atomic mass is 9.98. The molecule has 178 valence electrons. The Kier molecular flexibility index (Phi) is 7.17. The van der Waals surface area contributed by atoms with Gasteiger partial charge in [-0.3, -0.25) is 0 Å². The molecular weight excluding hydrogens is 418 g/mol. The van der Waals surface area contributed by atoms with Crippen molar-refractivity contribution >= 4 is 12.1 Å². The summed E-state index contributed by atoms with van der Waals surface area (Å²) in [7, 11) is 0. The standard InChI is InChI=1S/C27H35NO5/c1-17(32-26(2,3)4)23(24(29)33-27(5,6)7)28-25(30)31-16-22-20-14-10-8-12-18(20)19-13-9-11-15-21(19)22/h8-15,17,22-23H,16H2,1-7H3,(H,28,30)/t17-,23+/m1/s1. The molecule has 33 heavy (non-hydrogen) atoms. The first-order valence-corrected chi connectivity index (χ1v) is 11.4. The average molecular weight is 454 g/mol. The molecule has 0 aliphatic heterocycles. The predicted octanol–water partition coefficient (Wildman–Crippen LogP) is 5.44. The van der Waals surface area contributed by atoms with Crippen LogP contribution in [0.5, 0.6) is 0 Å². The number of benzene rings is 2. The summed E-state index contributed by atoms with van der Waals surface area (Å²) in [5, 5.41) is 2.67. The fraction of sp³-hybridized carbons (Fsp3) is 0.481. The van der Waals surface area contributed by atoms with E-state index in [9.17, 15) is 9.59 Å². The second-order valence-electron chi connectivity index (χ2n) is 10.4. The van der Waals surface area contributed by atoms with Crippen molar-refractivity contribution in [3.8, 4) is 11.1 Å². The van der Waals surface area contributed by atoms with Gasteiger partial charge in [-0.1, -0.05) is 48.5 Å². The largest absolute Gasteiger partial charge is 0.458 e. The molecule has 1 aliphatic carbocycles. The maximum Gasteiger partial charge on any atom is 0.407 e. The van der Waals surface area contributed by atoms with Crippen LogP contribution in [0.2, 0.25) is 0 Å². The second-order valence-corrected chi connectivity index (χ2v) is 10.4. The monoisotopic (exact) mass is 453 g/mol. The zero-order valence-electron chi connectivity index (χ0n) is 20.6. The van der Waals surface area contributed by atoms with Gasteiger partial charge < -0.3 is 19.5 Å². The van der Waals surface area contributed by atoms with E-state index < -0.39 is 35.4 Å². The summed E-state index contributed by atoms with van der Waals surface area (Å²) >= 11 is 0. The van der Waals surface area contributed by atoms with Crippen molar-refractivity contribution in [3.05, 3.63) is 59.7 Å². The molecule has 6 heteroatoms. The number of nitrogens with one attached hydrogen (secondary N) is 1. The molecule has 0 heterocycles. The molecule has 3 rings (SSSR count). The minimum Gasteiger partial charge on any atom is -0.458 e. The fourth-order valence-corrected chi connectivity index (χ4v) is 4.13. The summed E-state index contributed by atoms with van der Waals surface area (Å²) in [6.45, 7) is 12.9. The summed E-state index contributed by atoms with van der Waals surface area (Å²) in [5.74, 6) is -0.626. The number of carbonyl (C=O) groups excluding carboxylic acids is 2. The Morgan fingerprint density at radius 1 is 0.879 bits per heavy atom. The zero-order chi connectivity index (χ0) is 24.4. The van der Waals surface area contributed by atoms with E-state index in [0.29, 0.717) is 0 Å². The van der Waals surface area contributed by atoms with Gasteiger partial charge in [0.25, 0.3) is 0 Å². The summed E-state index contributed by atoms with van der Waals surface area (Å²) in [6, 6.07) is 15.3. The zero-order valence-corrected chi connectivity index (χ0v) is 20.6. The van der Waals surface area contributed by atoms with E-state index in [1.54, 1.807) is 27.7 Å². The quantitative estimate of drug-likeness (QED) is 0.590. The Hall–Kier alpha value is -2.86. The highest BCUT2D eigenvalue weighted by molar-refractivity contribution is 5.82. The van der Waals surface area contributed by atoms with Gasteiger partial charge in [-0.2, -0.15) is 0 Å². The van der Waals surface area contributed by atoms with Gasteiger partial charge in [0.1, 0.15) is 12.2 Å². The first kappa shape index (κ1) is 24.8. The van der Waals surface area contributed by atoms with Gasteiger partial charge in [-0.15, -0.1) is 0 Å². The SMILES string of the molecule is C[C@@H](OC(C)(C)C)[C@H](NC(=O)OCC1c2ccccc2-c2ccccc21)C(=O)OC(C)(C)C. The molecule has 6 nitrogen and oxygen atoms in total. The highest BCUT2D eigenvalue weighted by Crippen LogP contribution is 2.44. The van der Waals surface area contributed by atoms with Gasteiger partial charge in [0, 0.05) is 5.92 Å². The molecule has 0 radical (unpaired) electrons. The molecule has 2 atom stereocenters. The third-order valence-corrected chi connectivity index (χ3v) is 5.29. The highest BCUT2D eigenvalue weighted by atomic mass is 16.6. The van der Waals surface area contributed by atoms with Crippen molar-refractivity contribution in [1.29, 1.82) is 0 Å². The van der Waals surface area contributed by atoms with Crippen molar-refractivity contribution in [3.63, 3.8) is 0 Å². The van der Waals surface area contributed by atoms with Crippen LogP contribution < -0.4 is 5.32 Å². The Labute approximate surface area is 196 Å². The summed E-state index contributed by atoms with van der Waals surface area (Å²) < 4.78 is 17.1. The second kappa shape index (κ2) is 9.56. The van der Waals surface area contributed by atoms with Crippen LogP contribution in [0.3, 0.4) is 0 Å². The Bertz CT molecular complexity index is 957. The molecule has 0 saturated carbocycles. The van der Waals surface area contributed by atoms with E-state index in [0.717, 1.165) is 22.3 Å². The van der Waals surface area contributed by atoms with Crippen LogP contribution in [-0.2, 0) is 19.0 Å². The number of alkyl carbamates (subject to hydrolysis) is 1. The molecular formula is C27H35NO5. The molecule has 0 fully saturated rings. The molecule has 0 aromatic heterocycles. The summed E-state index contributed by atoms with van der Waals surface area (Å²) in [4.78, 5) is 25.6. The van der Waals surface area contributed by atoms with Crippen molar-refractivity contribution in [2.45, 2.75) is 77.7 Å². The van der Waals surface area contributed by atoms with Gasteiger partial charge in [0.2, 0.25) is 0 Å². The molecule has 0 saturated heterocycles. The molecule has 0 bridgehead atoms. The van der Waals surface area contributed by atoms with Crippen LogP contribution in [0, 0.1) is 0 Å². The lowest BCUT2D eigenvalue weighted by molar-refractivity contribution is -0.164. The number of carbonyl (C=O) groups is 2. The maximum absolute atomic E-state index is 12.8. The van der Waals surface area contributed by atoms with Crippen LogP contribution in [-0.4, -0.2) is 42.0 Å². The maximum atomic E-state index is 12.8. The van der Waals surface area contributed by atoms with Crippen molar-refractivity contribution in [2.75, 3.05) is 6.61 Å². The number of hydrogen-bond donors (Lipinski definition) is 1. The van der Waals surface area contributed by atoms with Crippen molar-refractivity contribution < 1.29 is 23.8 Å². The van der Waals surface area contributed by atoms with Gasteiger partial charge >= 0.3 is 12.1 Å². The van der Waals surface area contributed by atoms with Crippen LogP contribution in [0.15, 0.2) is 48.5 Å². The van der Waals surface area contributed by atoms with E-state index in [2.05, 4.69) is 29.6 Å². The summed E-state index contributed by atoms with van der Waals surface area (Å²) in [5.41, 5.74) is 3.36. The third-order valence-electron chi connectivity index (χ3n) is 5.29. The molecule has 0 spiro atoms. The summed E-state index contributed by atoms with van der Waals surface area (Å²) in [6.07, 6.45) is -1.29. The number of fused-ring (bicyclic) bond motifs is 3. The van der Waals surface area contributed by atoms with E-state index in [4.69, 9.17) is 14.2 Å². The molecule has 1 N–H and O–H groups in total. The van der Waals surface area contributed by atoms with Crippen LogP contribution in [0.1, 0.15) is 65.5 Å². The van der Waals surface area contributed by atoms with Crippen LogP contribution in [0.25, 0.3) is 11.1 Å². The number of amides is 1. The molecule has 1 amide bonds. The number of hydrogen-bond acceptors (Lipinski definition) is 5. The minimum atomic E-state index is -1.00. The van der Waals surface area contributed by atoms with Gasteiger partial charge in [-0.25, -0.2) is 9.59 Å². The van der Waals surface area contributed by atoms with E-state index >= 15 is 0 Å². The Morgan fingerprint density at radius 3 is 1.88 bits per heavy atom. The van der Waals surface area contributed by atoms with Crippen LogP contribution >= 0.6 is 0 Å². The van der Waals surface area contributed by atoms with Gasteiger partial charge in [0.15, 0.2) is 6.04 Å². The predicted molar refractivity (Wildman–Crippen MR) is 128 cm³/mol. The smallest absolute Gasteiger partial charge is 0.407 e. The van der Waals surface area contributed by atoms with E-state index in [1.807, 2.05) is 45.0 Å². The highest BCUT2D eigenvalue weighted by Gasteiger charge is 2.35. The van der Waals surface area contributed by atoms with Gasteiger partial charge in [-0.05, 0) is 70.7 Å². The molecule has 0 unspecified atom stereocenters. The fourth-order valence-electron chi connectivity index (χ4n) is 4.13. The lowest BCUT2D eigenvalue weighted by Crippen LogP contribution is -2.52. The number of esters is 1. The number of rotatable bonds is 6. The average Bonchev–Trinajstić information content (AvgIpc) is 3.01. The van der Waals surface area contributed by atoms with E-state index in [-0.39, 0.29) is 12.5 Å². The number of ether oxygens (including phenoxy) is 3. The van der Waals surface area contributed by atoms with E-state index in [1.165, 1.54) is 0 Å². The molecule has 2 aromatic rings. The normalized spacial score (nSPS) is 15.2. The lowest BCUT2D eigenvalue weighted by Gasteiger charge is -2.32. The van der Waals surface area contributed by atoms with Gasteiger partial charge in [0.05, 0.1) is 11.7 Å². The van der Waals surface area contributed by atoms with Crippen molar-refractivity contribution in [1.82, 2.24) is 5.32 Å². The first-order valence-electron chi connectivity index (χ1n) is 11.4. The van der Waals surface area contributed by atoms with Crippen molar-refractivity contribution in [2.24, 2.45) is 0 Å². The Balaban J connectivity index is 1.72.